The van der Waals surface area contributed by atoms with Gasteiger partial charge in [0.25, 0.3) is 0 Å². The number of nitrogens with two attached hydrogens (primary N) is 1. The number of aromatic nitrogens is 2. The third-order valence-corrected chi connectivity index (χ3v) is 3.99. The van der Waals surface area contributed by atoms with E-state index in [0.717, 1.165) is 11.6 Å². The van der Waals surface area contributed by atoms with E-state index in [4.69, 9.17) is 22.1 Å². The van der Waals surface area contributed by atoms with Crippen molar-refractivity contribution in [3.05, 3.63) is 34.5 Å². The summed E-state index contributed by atoms with van der Waals surface area (Å²) >= 11 is 6.27. The molecule has 2 rings (SSSR count). The highest BCUT2D eigenvalue weighted by Crippen LogP contribution is 2.42. The highest BCUT2D eigenvalue weighted by molar-refractivity contribution is 6.33. The molecule has 0 bridgehead atoms. The number of likely N-dealkylation sites (N-methyl/N-ethyl adjacent to an activating group) is 1. The Kier molecular flexibility index (Phi) is 6.54. The molecule has 1 aromatic carbocycles. The number of nitrogens with one attached hydrogen (secondary N) is 1. The molecule has 0 amide bonds. The summed E-state index contributed by atoms with van der Waals surface area (Å²) in [5.74, 6) is -0.289. The molecule has 0 radical (unpaired) electrons. The number of alkyl halides is 3. The van der Waals surface area contributed by atoms with E-state index in [0.29, 0.717) is 25.3 Å². The summed E-state index contributed by atoms with van der Waals surface area (Å²) in [6.45, 7) is 4.91. The number of hydrogen-bond acceptors (Lipinski definition) is 4. The molecule has 0 aliphatic carbocycles. The zero-order chi connectivity index (χ0) is 19.5. The van der Waals surface area contributed by atoms with Gasteiger partial charge in [-0.3, -0.25) is 5.10 Å². The maximum Gasteiger partial charge on any atom is 0.419 e. The number of nitrogens with zero attached hydrogens (tertiary/aromatic N) is 2. The summed E-state index contributed by atoms with van der Waals surface area (Å²) in [5, 5.41) is 6.86. The van der Waals surface area contributed by atoms with Gasteiger partial charge in [0.1, 0.15) is 5.75 Å². The van der Waals surface area contributed by atoms with Gasteiger partial charge < -0.3 is 15.4 Å². The third kappa shape index (κ3) is 4.90. The van der Waals surface area contributed by atoms with Crippen LogP contribution in [-0.4, -0.2) is 41.3 Å². The summed E-state index contributed by atoms with van der Waals surface area (Å²) in [6.07, 6.45) is -3.41. The highest BCUT2D eigenvalue weighted by Gasteiger charge is 2.36. The van der Waals surface area contributed by atoms with Crippen molar-refractivity contribution < 1.29 is 17.9 Å². The minimum absolute atomic E-state index is 0.153. The van der Waals surface area contributed by atoms with E-state index < -0.39 is 17.8 Å². The number of hydrogen-bond donors (Lipinski definition) is 2. The van der Waals surface area contributed by atoms with Gasteiger partial charge in [0.2, 0.25) is 0 Å². The summed E-state index contributed by atoms with van der Waals surface area (Å²) in [6, 6.07) is 2.20. The Labute approximate surface area is 155 Å². The van der Waals surface area contributed by atoms with Gasteiger partial charge in [-0.05, 0) is 27.0 Å². The number of ether oxygens (including phenoxy) is 1. The quantitative estimate of drug-likeness (QED) is 0.751. The summed E-state index contributed by atoms with van der Waals surface area (Å²) < 4.78 is 45.8. The molecule has 0 unspecified atom stereocenters. The van der Waals surface area contributed by atoms with Crippen LogP contribution in [0.5, 0.6) is 5.75 Å². The highest BCUT2D eigenvalue weighted by atomic mass is 35.5. The number of benzene rings is 1. The molecule has 26 heavy (non-hydrogen) atoms. The molecule has 0 aliphatic heterocycles. The van der Waals surface area contributed by atoms with Gasteiger partial charge >= 0.3 is 6.18 Å². The van der Waals surface area contributed by atoms with Crippen molar-refractivity contribution in [2.45, 2.75) is 32.7 Å². The lowest BCUT2D eigenvalue weighted by Gasteiger charge is -2.19. The van der Waals surface area contributed by atoms with Crippen LogP contribution in [0.3, 0.4) is 0 Å². The number of aromatic amines is 1. The Morgan fingerprint density at radius 3 is 2.62 bits per heavy atom. The van der Waals surface area contributed by atoms with Gasteiger partial charge in [0.05, 0.1) is 28.6 Å². The summed E-state index contributed by atoms with van der Waals surface area (Å²) in [4.78, 5) is 1.95. The molecule has 0 spiro atoms. The lowest BCUT2D eigenvalue weighted by molar-refractivity contribution is -0.139. The third-order valence-electron chi connectivity index (χ3n) is 3.68. The van der Waals surface area contributed by atoms with Crippen molar-refractivity contribution >= 4 is 11.6 Å². The zero-order valence-electron chi connectivity index (χ0n) is 14.8. The molecule has 144 valence electrons. The van der Waals surface area contributed by atoms with Crippen LogP contribution < -0.4 is 10.5 Å². The second-order valence-corrected chi connectivity index (χ2v) is 6.70. The molecule has 0 aliphatic rings. The second-order valence-electron chi connectivity index (χ2n) is 6.29. The molecular weight excluding hydrogens is 369 g/mol. The standard InChI is InChI=1S/C17H22ClF3N4O/c1-10(2)26-15-7-14(18)12(6-13(15)17(19,20)21)16-11(8-23-24-16)9-25(3)5-4-22/h6-8,10H,4-5,9,22H2,1-3H3,(H,23,24). The number of rotatable bonds is 7. The first kappa shape index (κ1) is 20.5. The van der Waals surface area contributed by atoms with E-state index in [1.54, 1.807) is 20.0 Å². The van der Waals surface area contributed by atoms with Crippen molar-refractivity contribution in [3.63, 3.8) is 0 Å². The minimum atomic E-state index is -4.57. The predicted octanol–water partition coefficient (Wildman–Crippen LogP) is 3.93. The van der Waals surface area contributed by atoms with Crippen molar-refractivity contribution in [2.24, 2.45) is 5.73 Å². The first-order chi connectivity index (χ1) is 12.1. The van der Waals surface area contributed by atoms with Gasteiger partial charge in [0.15, 0.2) is 0 Å². The van der Waals surface area contributed by atoms with Crippen molar-refractivity contribution in [1.29, 1.82) is 0 Å². The van der Waals surface area contributed by atoms with Gasteiger partial charge in [-0.1, -0.05) is 11.6 Å². The van der Waals surface area contributed by atoms with E-state index >= 15 is 0 Å². The average molecular weight is 391 g/mol. The maximum atomic E-state index is 13.5. The second kappa shape index (κ2) is 8.28. The Morgan fingerprint density at radius 2 is 2.04 bits per heavy atom. The van der Waals surface area contributed by atoms with Crippen LogP contribution in [0.2, 0.25) is 5.02 Å². The fourth-order valence-corrected chi connectivity index (χ4v) is 2.82. The number of halogens is 4. The fourth-order valence-electron chi connectivity index (χ4n) is 2.57. The largest absolute Gasteiger partial charge is 0.490 e. The Hall–Kier alpha value is -1.77. The molecule has 0 atom stereocenters. The van der Waals surface area contributed by atoms with Crippen LogP contribution in [0, 0.1) is 0 Å². The topological polar surface area (TPSA) is 67.2 Å². The van der Waals surface area contributed by atoms with E-state index in [2.05, 4.69) is 10.2 Å². The SMILES string of the molecule is CC(C)Oc1cc(Cl)c(-c2[nH]ncc2CN(C)CCN)cc1C(F)(F)F. The Balaban J connectivity index is 2.50. The molecule has 1 aromatic heterocycles. The molecule has 2 aromatic rings. The van der Waals surface area contributed by atoms with Crippen molar-refractivity contribution in [1.82, 2.24) is 15.1 Å². The maximum absolute atomic E-state index is 13.5. The molecule has 0 saturated carbocycles. The Bertz CT molecular complexity index is 746. The molecule has 0 fully saturated rings. The molecular formula is C17H22ClF3N4O. The monoisotopic (exact) mass is 390 g/mol. The van der Waals surface area contributed by atoms with Crippen molar-refractivity contribution in [2.75, 3.05) is 20.1 Å². The van der Waals surface area contributed by atoms with Gasteiger partial charge in [-0.2, -0.15) is 18.3 Å². The lowest BCUT2D eigenvalue weighted by atomic mass is 10.0. The molecule has 0 saturated heterocycles. The van der Waals surface area contributed by atoms with Crippen LogP contribution >= 0.6 is 11.6 Å². The smallest absolute Gasteiger partial charge is 0.419 e. The van der Waals surface area contributed by atoms with E-state index in [-0.39, 0.29) is 16.3 Å². The predicted molar refractivity (Wildman–Crippen MR) is 95.2 cm³/mol. The Morgan fingerprint density at radius 1 is 1.35 bits per heavy atom. The summed E-state index contributed by atoms with van der Waals surface area (Å²) in [7, 11) is 1.87. The van der Waals surface area contributed by atoms with Gasteiger partial charge in [0, 0.05) is 36.8 Å². The van der Waals surface area contributed by atoms with Crippen molar-refractivity contribution in [3.8, 4) is 17.0 Å². The van der Waals surface area contributed by atoms with Crippen LogP contribution in [0.25, 0.3) is 11.3 Å². The summed E-state index contributed by atoms with van der Waals surface area (Å²) in [5.41, 5.74) is 6.06. The van der Waals surface area contributed by atoms with Gasteiger partial charge in [-0.15, -0.1) is 0 Å². The molecule has 3 N–H and O–H groups in total. The molecule has 1 heterocycles. The van der Waals surface area contributed by atoms with Crippen LogP contribution in [0.15, 0.2) is 18.3 Å². The molecule has 9 heteroatoms. The van der Waals surface area contributed by atoms with E-state index in [1.807, 2.05) is 11.9 Å². The number of H-pyrrole nitrogens is 1. The normalized spacial score (nSPS) is 12.2. The van der Waals surface area contributed by atoms with Crippen LogP contribution in [0.1, 0.15) is 25.0 Å². The molecule has 5 nitrogen and oxygen atoms in total. The van der Waals surface area contributed by atoms with E-state index in [1.165, 1.54) is 6.07 Å². The average Bonchev–Trinajstić information content (AvgIpc) is 2.93. The van der Waals surface area contributed by atoms with Crippen LogP contribution in [0.4, 0.5) is 13.2 Å². The first-order valence-corrected chi connectivity index (χ1v) is 8.50. The van der Waals surface area contributed by atoms with Gasteiger partial charge in [-0.25, -0.2) is 0 Å². The van der Waals surface area contributed by atoms with E-state index in [9.17, 15) is 13.2 Å². The fraction of sp³-hybridized carbons (Fsp3) is 0.471. The zero-order valence-corrected chi connectivity index (χ0v) is 15.6. The minimum Gasteiger partial charge on any atom is -0.490 e. The lowest BCUT2D eigenvalue weighted by Crippen LogP contribution is -2.25. The first-order valence-electron chi connectivity index (χ1n) is 8.12. The van der Waals surface area contributed by atoms with Crippen LogP contribution in [-0.2, 0) is 12.7 Å².